The lowest BCUT2D eigenvalue weighted by atomic mass is 10.2. The van der Waals surface area contributed by atoms with Gasteiger partial charge in [0.2, 0.25) is 6.41 Å². The molecule has 2 rings (SSSR count). The number of amides is 2. The molecule has 0 bridgehead atoms. The van der Waals surface area contributed by atoms with Gasteiger partial charge in [-0.3, -0.25) is 4.79 Å². The summed E-state index contributed by atoms with van der Waals surface area (Å²) in [5, 5.41) is 11.7. The lowest BCUT2D eigenvalue weighted by molar-refractivity contribution is -0.109. The number of aliphatic hydroxyl groups is 1. The molecule has 1 heterocycles. The fourth-order valence-corrected chi connectivity index (χ4v) is 1.99. The Balaban J connectivity index is 0.000000251. The average molecular weight is 346 g/mol. The predicted molar refractivity (Wildman–Crippen MR) is 95.8 cm³/mol. The van der Waals surface area contributed by atoms with Crippen LogP contribution in [0.1, 0.15) is 32.8 Å². The molecule has 1 aliphatic heterocycles. The summed E-state index contributed by atoms with van der Waals surface area (Å²) in [5.41, 5.74) is 0.509. The minimum atomic E-state index is -0.454. The minimum Gasteiger partial charge on any atom is -0.444 e. The molecule has 1 fully saturated rings. The molecule has 2 N–H and O–H groups in total. The number of carbonyl (C=O) groups is 2. The fourth-order valence-electron chi connectivity index (χ4n) is 1.99. The average Bonchev–Trinajstić information content (AvgIpc) is 2.98. The Morgan fingerprint density at radius 1 is 1.40 bits per heavy atom. The second-order valence-electron chi connectivity index (χ2n) is 6.54. The Morgan fingerprint density at radius 3 is 2.60 bits per heavy atom. The van der Waals surface area contributed by atoms with Gasteiger partial charge in [-0.1, -0.05) is 30.0 Å². The van der Waals surface area contributed by atoms with Crippen LogP contribution in [0.2, 0.25) is 0 Å². The number of aliphatic hydroxyl groups excluding tert-OH is 1. The molecule has 1 saturated heterocycles. The zero-order valence-corrected chi connectivity index (χ0v) is 15.0. The number of benzene rings is 1. The van der Waals surface area contributed by atoms with Crippen LogP contribution in [0, 0.1) is 11.8 Å². The summed E-state index contributed by atoms with van der Waals surface area (Å²) in [4.78, 5) is 22.8. The first-order chi connectivity index (χ1) is 11.8. The molecule has 1 unspecified atom stereocenters. The zero-order chi connectivity index (χ0) is 18.7. The van der Waals surface area contributed by atoms with Crippen molar-refractivity contribution < 1.29 is 19.4 Å². The van der Waals surface area contributed by atoms with Crippen LogP contribution in [-0.2, 0) is 9.53 Å². The first kappa shape index (κ1) is 20.5. The zero-order valence-electron chi connectivity index (χ0n) is 15.0. The number of ether oxygens (including phenoxy) is 1. The molecule has 6 nitrogen and oxygen atoms in total. The van der Waals surface area contributed by atoms with Crippen molar-refractivity contribution in [1.82, 2.24) is 10.2 Å². The van der Waals surface area contributed by atoms with Crippen molar-refractivity contribution in [3.63, 3.8) is 0 Å². The van der Waals surface area contributed by atoms with E-state index in [1.807, 2.05) is 51.1 Å². The Bertz CT molecular complexity index is 599. The van der Waals surface area contributed by atoms with Gasteiger partial charge in [0.1, 0.15) is 5.60 Å². The van der Waals surface area contributed by atoms with Crippen LogP contribution < -0.4 is 5.32 Å². The Morgan fingerprint density at radius 2 is 2.08 bits per heavy atom. The molecule has 1 aromatic rings. The highest BCUT2D eigenvalue weighted by atomic mass is 16.6. The van der Waals surface area contributed by atoms with Gasteiger partial charge >= 0.3 is 6.09 Å². The van der Waals surface area contributed by atoms with E-state index in [0.29, 0.717) is 32.5 Å². The summed E-state index contributed by atoms with van der Waals surface area (Å²) in [6.07, 6.45) is 0.579. The topological polar surface area (TPSA) is 78.9 Å². The number of carbonyl (C=O) groups excluding carboxylic acids is 2. The van der Waals surface area contributed by atoms with Crippen LogP contribution in [-0.4, -0.2) is 53.8 Å². The van der Waals surface area contributed by atoms with Crippen molar-refractivity contribution in [1.29, 1.82) is 0 Å². The fraction of sp³-hybridized carbons (Fsp3) is 0.474. The van der Waals surface area contributed by atoms with Crippen LogP contribution >= 0.6 is 0 Å². The number of nitrogens with one attached hydrogen (secondary N) is 1. The van der Waals surface area contributed by atoms with Crippen LogP contribution in [0.15, 0.2) is 30.3 Å². The maximum atomic E-state index is 11.4. The maximum Gasteiger partial charge on any atom is 0.410 e. The quantitative estimate of drug-likeness (QED) is 0.486. The van der Waals surface area contributed by atoms with Crippen LogP contribution in [0.3, 0.4) is 0 Å². The maximum absolute atomic E-state index is 11.4. The van der Waals surface area contributed by atoms with Gasteiger partial charge in [-0.15, -0.1) is 0 Å². The molecule has 0 saturated carbocycles. The summed E-state index contributed by atoms with van der Waals surface area (Å²) in [7, 11) is 0. The summed E-state index contributed by atoms with van der Waals surface area (Å²) in [6.45, 7) is 6.88. The van der Waals surface area contributed by atoms with E-state index < -0.39 is 5.60 Å². The van der Waals surface area contributed by atoms with E-state index in [4.69, 9.17) is 4.74 Å². The predicted octanol–water partition coefficient (Wildman–Crippen LogP) is 1.77. The first-order valence-corrected chi connectivity index (χ1v) is 8.19. The molecule has 25 heavy (non-hydrogen) atoms. The third-order valence-electron chi connectivity index (χ3n) is 3.10. The van der Waals surface area contributed by atoms with Crippen molar-refractivity contribution >= 4 is 12.5 Å². The van der Waals surface area contributed by atoms with Crippen LogP contribution in [0.5, 0.6) is 0 Å². The van der Waals surface area contributed by atoms with Crippen molar-refractivity contribution in [3.05, 3.63) is 35.9 Å². The van der Waals surface area contributed by atoms with E-state index in [1.54, 1.807) is 0 Å². The highest BCUT2D eigenvalue weighted by molar-refractivity contribution is 5.68. The van der Waals surface area contributed by atoms with E-state index in [9.17, 15) is 14.7 Å². The number of hydrogen-bond acceptors (Lipinski definition) is 4. The summed E-state index contributed by atoms with van der Waals surface area (Å²) < 4.78 is 5.15. The van der Waals surface area contributed by atoms with Crippen molar-refractivity contribution in [2.24, 2.45) is 0 Å². The van der Waals surface area contributed by atoms with Crippen molar-refractivity contribution in [2.75, 3.05) is 19.6 Å². The number of hydrogen-bond donors (Lipinski definition) is 2. The highest BCUT2D eigenvalue weighted by Gasteiger charge is 2.28. The normalized spacial score (nSPS) is 16.0. The van der Waals surface area contributed by atoms with Crippen LogP contribution in [0.4, 0.5) is 4.79 Å². The second kappa shape index (κ2) is 10.4. The monoisotopic (exact) mass is 346 g/mol. The molecular weight excluding hydrogens is 320 g/mol. The molecule has 136 valence electrons. The third-order valence-corrected chi connectivity index (χ3v) is 3.10. The standard InChI is InChI=1S/C10H9NO.C9H17NO3/c12-9-11-8-4-7-10-5-2-1-3-6-10;1-9(2,3)13-8(12)10-5-4-7(11)6-10/h1-3,5-6,9H,8H2,(H,11,12);7,11H,4-6H2,1-3H3. The lowest BCUT2D eigenvalue weighted by Crippen LogP contribution is -2.35. The van der Waals surface area contributed by atoms with E-state index in [-0.39, 0.29) is 12.2 Å². The van der Waals surface area contributed by atoms with Gasteiger partial charge in [0.05, 0.1) is 12.6 Å². The van der Waals surface area contributed by atoms with Gasteiger partial charge < -0.3 is 20.1 Å². The van der Waals surface area contributed by atoms with Crippen LogP contribution in [0.25, 0.3) is 0 Å². The first-order valence-electron chi connectivity index (χ1n) is 8.19. The van der Waals surface area contributed by atoms with Crippen molar-refractivity contribution in [3.8, 4) is 11.8 Å². The van der Waals surface area contributed by atoms with Gasteiger partial charge in [-0.2, -0.15) is 0 Å². The molecule has 0 aromatic heterocycles. The molecular formula is C19H26N2O4. The van der Waals surface area contributed by atoms with Gasteiger partial charge in [0, 0.05) is 18.7 Å². The number of rotatable bonds is 2. The third kappa shape index (κ3) is 9.38. The second-order valence-corrected chi connectivity index (χ2v) is 6.54. The molecule has 1 aromatic carbocycles. The number of nitrogens with zero attached hydrogens (tertiary/aromatic N) is 1. The van der Waals surface area contributed by atoms with E-state index in [2.05, 4.69) is 17.2 Å². The molecule has 0 aliphatic carbocycles. The highest BCUT2D eigenvalue weighted by Crippen LogP contribution is 2.14. The molecule has 2 amide bonds. The van der Waals surface area contributed by atoms with Gasteiger partial charge in [-0.25, -0.2) is 4.79 Å². The number of likely N-dealkylation sites (tertiary alicyclic amines) is 1. The van der Waals surface area contributed by atoms with Crippen molar-refractivity contribution in [2.45, 2.75) is 38.9 Å². The van der Waals surface area contributed by atoms with Gasteiger partial charge in [-0.05, 0) is 39.3 Å². The van der Waals surface area contributed by atoms with Gasteiger partial charge in [0.15, 0.2) is 0 Å². The summed E-state index contributed by atoms with van der Waals surface area (Å²) in [5.74, 6) is 5.72. The smallest absolute Gasteiger partial charge is 0.410 e. The Kier molecular flexibility index (Phi) is 8.51. The largest absolute Gasteiger partial charge is 0.444 e. The van der Waals surface area contributed by atoms with E-state index in [1.165, 1.54) is 4.90 Å². The molecule has 1 aliphatic rings. The molecule has 1 atom stereocenters. The molecule has 6 heteroatoms. The Hall–Kier alpha value is -2.52. The van der Waals surface area contributed by atoms with E-state index >= 15 is 0 Å². The SMILES string of the molecule is CC(C)(C)OC(=O)N1CCC(O)C1.O=CNCC#Cc1ccccc1. The molecule has 0 radical (unpaired) electrons. The lowest BCUT2D eigenvalue weighted by Gasteiger charge is -2.24. The Labute approximate surface area is 149 Å². The number of β-amino-alcohol motifs (C(OH)–C–C–N with tert-alkyl or cyclic N) is 1. The minimum absolute atomic E-state index is 0.330. The summed E-state index contributed by atoms with van der Waals surface area (Å²) >= 11 is 0. The van der Waals surface area contributed by atoms with Gasteiger partial charge in [0.25, 0.3) is 0 Å². The molecule has 0 spiro atoms. The summed E-state index contributed by atoms with van der Waals surface area (Å²) in [6, 6.07) is 9.64. The van der Waals surface area contributed by atoms with E-state index in [0.717, 1.165) is 5.56 Å².